The van der Waals surface area contributed by atoms with E-state index in [0.29, 0.717) is 56.4 Å². The average Bonchev–Trinajstić information content (AvgIpc) is 3.35. The van der Waals surface area contributed by atoms with Gasteiger partial charge in [-0.2, -0.15) is 0 Å². The molecule has 10 nitrogen and oxygen atoms in total. The Morgan fingerprint density at radius 2 is 0.941 bits per heavy atom. The van der Waals surface area contributed by atoms with Crippen molar-refractivity contribution in [2.24, 2.45) is 0 Å². The molecule has 0 saturated heterocycles. The summed E-state index contributed by atoms with van der Waals surface area (Å²) in [5.74, 6) is -0.685. The summed E-state index contributed by atoms with van der Waals surface area (Å²) in [6.45, 7) is 0. The minimum Gasteiger partial charge on any atom is -0.550 e. The molecule has 2 aliphatic heterocycles. The van der Waals surface area contributed by atoms with Gasteiger partial charge in [0.25, 0.3) is 0 Å². The van der Waals surface area contributed by atoms with Crippen LogP contribution in [0.1, 0.15) is 89.4 Å². The fraction of sp³-hybridized carbons (Fsp3) is 0.211. The smallest absolute Gasteiger partial charge is 0.550 e. The molecule has 0 amide bonds. The summed E-state index contributed by atoms with van der Waals surface area (Å²) in [4.78, 5) is 72.3. The number of thioether (sulfide) groups is 2. The van der Waals surface area contributed by atoms with Gasteiger partial charge in [0, 0.05) is 79.5 Å². The van der Waals surface area contributed by atoms with Crippen molar-refractivity contribution < 1.29 is 65.5 Å². The minimum absolute atomic E-state index is 0. The third-order valence-corrected chi connectivity index (χ3v) is 10.3. The topological polar surface area (TPSA) is 167 Å². The Balaban J connectivity index is 0.000000224. The molecule has 1 radical (unpaired) electrons. The van der Waals surface area contributed by atoms with Crippen LogP contribution in [0.4, 0.5) is 0 Å². The van der Waals surface area contributed by atoms with E-state index in [1.54, 1.807) is 74.9 Å². The Hall–Kier alpha value is -4.68. The van der Waals surface area contributed by atoms with Crippen LogP contribution < -0.4 is 19.7 Å². The van der Waals surface area contributed by atoms with Gasteiger partial charge in [0.1, 0.15) is 11.5 Å². The molecule has 13 heteroatoms. The molecule has 4 aromatic carbocycles. The Morgan fingerprint density at radius 1 is 0.569 bits per heavy atom. The maximum Gasteiger partial charge on any atom is 2.00 e. The largest absolute Gasteiger partial charge is 2.00 e. The molecule has 0 bridgehead atoms. The van der Waals surface area contributed by atoms with Crippen LogP contribution in [0.3, 0.4) is 0 Å². The van der Waals surface area contributed by atoms with Crippen molar-refractivity contribution in [1.29, 1.82) is 0 Å². The third kappa shape index (κ3) is 9.36. The summed E-state index contributed by atoms with van der Waals surface area (Å²) >= 11 is 2.95. The Kier molecular flexibility index (Phi) is 13.4. The maximum absolute atomic E-state index is 12.8. The van der Waals surface area contributed by atoms with Crippen molar-refractivity contribution in [2.45, 2.75) is 47.0 Å². The first-order valence-electron chi connectivity index (χ1n) is 15.4. The number of methoxy groups -OCH3 is 2. The van der Waals surface area contributed by atoms with Crippen molar-refractivity contribution in [3.63, 3.8) is 0 Å². The zero-order valence-corrected chi connectivity index (χ0v) is 29.9. The van der Waals surface area contributed by atoms with Crippen molar-refractivity contribution in [1.82, 2.24) is 0 Å². The van der Waals surface area contributed by atoms with Gasteiger partial charge < -0.3 is 29.3 Å². The number of fused-ring (bicyclic) bond motifs is 4. The number of carbonyl (C=O) groups excluding carboxylic acids is 6. The summed E-state index contributed by atoms with van der Waals surface area (Å²) in [6.07, 6.45) is -0.852. The third-order valence-electron chi connectivity index (χ3n) is 8.09. The van der Waals surface area contributed by atoms with E-state index in [0.717, 1.165) is 20.9 Å². The molecule has 265 valence electrons. The molecule has 0 saturated carbocycles. The normalized spacial score (nSPS) is 12.5. The number of Topliss-reactive ketones (excluding diaryl/α,β-unsaturated/α-hetero) is 2. The predicted molar refractivity (Wildman–Crippen MR) is 182 cm³/mol. The van der Waals surface area contributed by atoms with E-state index in [4.69, 9.17) is 9.47 Å². The monoisotopic (exact) mass is 773 g/mol. The summed E-state index contributed by atoms with van der Waals surface area (Å²) in [5, 5.41) is 21.0. The van der Waals surface area contributed by atoms with E-state index in [1.807, 2.05) is 12.1 Å². The number of benzene rings is 4. The quantitative estimate of drug-likeness (QED) is 0.164. The van der Waals surface area contributed by atoms with Gasteiger partial charge in [-0.15, -0.1) is 23.5 Å². The molecule has 0 unspecified atom stereocenters. The molecule has 6 rings (SSSR count). The molecule has 0 aliphatic carbocycles. The molecule has 4 aromatic rings. The van der Waals surface area contributed by atoms with E-state index in [2.05, 4.69) is 0 Å². The Bertz CT molecular complexity index is 1900. The summed E-state index contributed by atoms with van der Waals surface area (Å²) < 4.78 is 10.4. The molecule has 0 fully saturated rings. The fourth-order valence-electron chi connectivity index (χ4n) is 5.40. The molecule has 2 aliphatic rings. The van der Waals surface area contributed by atoms with Gasteiger partial charge in [-0.1, -0.05) is 12.1 Å². The van der Waals surface area contributed by atoms with Crippen LogP contribution >= 0.6 is 23.5 Å². The van der Waals surface area contributed by atoms with E-state index >= 15 is 0 Å². The fourth-order valence-corrected chi connectivity index (χ4v) is 7.56. The van der Waals surface area contributed by atoms with Crippen LogP contribution in [-0.4, -0.2) is 49.3 Å². The average molecular weight is 774 g/mol. The number of hydrogen-bond donors (Lipinski definition) is 0. The number of ether oxygens (including phenoxy) is 2. The van der Waals surface area contributed by atoms with Gasteiger partial charge in [-0.3, -0.25) is 19.2 Å². The second-order valence-electron chi connectivity index (χ2n) is 11.3. The van der Waals surface area contributed by atoms with Crippen molar-refractivity contribution in [3.05, 3.63) is 117 Å². The van der Waals surface area contributed by atoms with Crippen LogP contribution in [0.2, 0.25) is 0 Å². The van der Waals surface area contributed by atoms with Crippen LogP contribution in [0.15, 0.2) is 82.6 Å². The predicted octanol–water partition coefficient (Wildman–Crippen LogP) is 4.49. The number of rotatable bonds is 10. The standard InChI is InChI=1S/2C19H16O5S.Cu/c2*1-24-13-3-5-14-12(8-13)10-25-17-9-11(2-4-15(17)19(14)23)16(20)6-7-18(21)22;/h2*2-5,8-9H,6-7,10H2,1H3,(H,21,22);/q;;+2/p-2. The molecule has 0 spiro atoms. The Morgan fingerprint density at radius 3 is 1.29 bits per heavy atom. The molecule has 51 heavy (non-hydrogen) atoms. The van der Waals surface area contributed by atoms with Gasteiger partial charge in [-0.25, -0.2) is 0 Å². The van der Waals surface area contributed by atoms with Gasteiger partial charge in [-0.05, 0) is 84.6 Å². The number of aliphatic carboxylic acids is 2. The summed E-state index contributed by atoms with van der Waals surface area (Å²) in [7, 11) is 3.15. The first-order valence-corrected chi connectivity index (χ1v) is 17.4. The maximum atomic E-state index is 12.8. The second kappa shape index (κ2) is 17.5. The van der Waals surface area contributed by atoms with Crippen LogP contribution in [0.5, 0.6) is 11.5 Å². The molecule has 0 N–H and O–H groups in total. The Labute approximate surface area is 312 Å². The van der Waals surface area contributed by atoms with Crippen LogP contribution in [0, 0.1) is 0 Å². The molecular weight excluding hydrogens is 744 g/mol. The van der Waals surface area contributed by atoms with Gasteiger partial charge in [0.2, 0.25) is 0 Å². The number of carboxylic acids is 2. The zero-order chi connectivity index (χ0) is 35.9. The van der Waals surface area contributed by atoms with Crippen LogP contribution in [0.25, 0.3) is 0 Å². The number of carboxylic acid groups (broad SMARTS) is 2. The van der Waals surface area contributed by atoms with E-state index in [9.17, 15) is 39.0 Å². The van der Waals surface area contributed by atoms with Gasteiger partial charge in [0.05, 0.1) is 14.2 Å². The molecule has 0 atom stereocenters. The summed E-state index contributed by atoms with van der Waals surface area (Å²) in [6, 6.07) is 20.5. The van der Waals surface area contributed by atoms with Gasteiger partial charge >= 0.3 is 17.1 Å². The SMILES string of the molecule is COc1ccc2c(c1)CSc1cc(C(=O)CCC(=O)[O-])ccc1C2=O.COc1ccc2c(c1)CSc1cc(C(=O)CCC(=O)[O-])ccc1C2=O.[Cu+2]. The zero-order valence-electron chi connectivity index (χ0n) is 27.4. The van der Waals surface area contributed by atoms with Crippen molar-refractivity contribution >= 4 is 58.6 Å². The molecule has 2 heterocycles. The van der Waals surface area contributed by atoms with E-state index < -0.39 is 11.9 Å². The number of ketones is 4. The first-order chi connectivity index (χ1) is 24.0. The van der Waals surface area contributed by atoms with E-state index in [1.165, 1.54) is 23.5 Å². The molecular formula is C38H30CuO10S2. The van der Waals surface area contributed by atoms with E-state index in [-0.39, 0.29) is 65.9 Å². The van der Waals surface area contributed by atoms with Crippen molar-refractivity contribution in [3.8, 4) is 11.5 Å². The first kappa shape index (κ1) is 39.1. The summed E-state index contributed by atoms with van der Waals surface area (Å²) in [5.41, 5.74) is 4.93. The minimum atomic E-state index is -1.25. The molecule has 0 aromatic heterocycles. The van der Waals surface area contributed by atoms with Crippen molar-refractivity contribution in [2.75, 3.05) is 14.2 Å². The van der Waals surface area contributed by atoms with Gasteiger partial charge in [0.15, 0.2) is 23.1 Å². The number of carbonyl (C=O) groups is 6. The number of hydrogen-bond acceptors (Lipinski definition) is 12. The second-order valence-corrected chi connectivity index (χ2v) is 13.3. The van der Waals surface area contributed by atoms with Crippen LogP contribution in [-0.2, 0) is 38.2 Å².